The summed E-state index contributed by atoms with van der Waals surface area (Å²) in [4.78, 5) is 1.96. The Morgan fingerprint density at radius 1 is 1.41 bits per heavy atom. The summed E-state index contributed by atoms with van der Waals surface area (Å²) in [7, 11) is 0. The van der Waals surface area contributed by atoms with Crippen LogP contribution in [0.15, 0.2) is 28.7 Å². The summed E-state index contributed by atoms with van der Waals surface area (Å²) < 4.78 is 0.996. The van der Waals surface area contributed by atoms with Crippen LogP contribution < -0.4 is 0 Å². The summed E-state index contributed by atoms with van der Waals surface area (Å²) in [6.45, 7) is 3.77. The van der Waals surface area contributed by atoms with E-state index in [1.54, 1.807) is 0 Å². The summed E-state index contributed by atoms with van der Waals surface area (Å²) in [5.74, 6) is 0. The predicted molar refractivity (Wildman–Crippen MR) is 71.4 cm³/mol. The highest BCUT2D eigenvalue weighted by Gasteiger charge is 2.12. The molecule has 0 spiro atoms. The molecule has 0 radical (unpaired) electrons. The molecule has 1 rings (SSSR count). The zero-order valence-corrected chi connectivity index (χ0v) is 11.5. The van der Waals surface area contributed by atoms with Crippen molar-refractivity contribution in [3.63, 3.8) is 0 Å². The fourth-order valence-corrected chi connectivity index (χ4v) is 1.95. The first-order valence-corrected chi connectivity index (χ1v) is 6.49. The molecule has 1 atom stereocenters. The fourth-order valence-electron chi connectivity index (χ4n) is 1.69. The van der Waals surface area contributed by atoms with Gasteiger partial charge in [0, 0.05) is 11.0 Å². The van der Waals surface area contributed by atoms with Gasteiger partial charge in [0.1, 0.15) is 0 Å². The van der Waals surface area contributed by atoms with Crippen molar-refractivity contribution in [1.82, 2.24) is 4.90 Å². The van der Waals surface area contributed by atoms with E-state index in [4.69, 9.17) is 5.26 Å². The van der Waals surface area contributed by atoms with E-state index in [-0.39, 0.29) is 0 Å². The fraction of sp³-hybridized carbons (Fsp3) is 0.462. The van der Waals surface area contributed by atoms with Gasteiger partial charge in [-0.3, -0.25) is 4.90 Å². The van der Waals surface area contributed by atoms with E-state index in [0.29, 0.717) is 13.1 Å². The van der Waals surface area contributed by atoms with Crippen LogP contribution in [0.1, 0.15) is 25.0 Å². The van der Waals surface area contributed by atoms with Gasteiger partial charge in [-0.25, -0.2) is 0 Å². The number of rotatable bonds is 6. The van der Waals surface area contributed by atoms with Crippen molar-refractivity contribution in [2.75, 3.05) is 19.6 Å². The molecule has 0 aliphatic carbocycles. The van der Waals surface area contributed by atoms with E-state index in [9.17, 15) is 5.11 Å². The number of hydrogen-bond acceptors (Lipinski definition) is 3. The molecule has 0 bridgehead atoms. The second-order valence-electron chi connectivity index (χ2n) is 3.96. The first-order valence-electron chi connectivity index (χ1n) is 5.70. The van der Waals surface area contributed by atoms with Gasteiger partial charge in [0.05, 0.1) is 18.7 Å². The van der Waals surface area contributed by atoms with Crippen LogP contribution in [0.3, 0.4) is 0 Å². The van der Waals surface area contributed by atoms with Crippen LogP contribution in [-0.2, 0) is 0 Å². The van der Waals surface area contributed by atoms with E-state index in [2.05, 4.69) is 28.9 Å². The van der Waals surface area contributed by atoms with Crippen molar-refractivity contribution in [3.05, 3.63) is 34.3 Å². The molecule has 1 aromatic carbocycles. The molecule has 4 heteroatoms. The highest BCUT2D eigenvalue weighted by molar-refractivity contribution is 9.10. The van der Waals surface area contributed by atoms with E-state index >= 15 is 0 Å². The first kappa shape index (κ1) is 14.2. The lowest BCUT2D eigenvalue weighted by Gasteiger charge is -2.22. The number of aliphatic hydroxyl groups is 1. The van der Waals surface area contributed by atoms with Crippen LogP contribution in [0.2, 0.25) is 0 Å². The van der Waals surface area contributed by atoms with Crippen LogP contribution in [0.25, 0.3) is 0 Å². The number of nitrogens with zero attached hydrogens (tertiary/aromatic N) is 2. The van der Waals surface area contributed by atoms with Crippen molar-refractivity contribution in [2.45, 2.75) is 19.4 Å². The molecule has 1 N–H and O–H groups in total. The minimum absolute atomic E-state index is 0.363. The Hall–Kier alpha value is -0.890. The number of halogens is 1. The molecule has 1 aromatic rings. The van der Waals surface area contributed by atoms with E-state index in [0.717, 1.165) is 23.0 Å². The van der Waals surface area contributed by atoms with Crippen molar-refractivity contribution in [1.29, 1.82) is 5.26 Å². The molecule has 0 aliphatic heterocycles. The predicted octanol–water partition coefficient (Wildman–Crippen LogP) is 2.72. The first-order chi connectivity index (χ1) is 8.17. The maximum atomic E-state index is 10.1. The third kappa shape index (κ3) is 4.86. The van der Waals surface area contributed by atoms with Gasteiger partial charge in [0.2, 0.25) is 0 Å². The Morgan fingerprint density at radius 3 is 2.59 bits per heavy atom. The van der Waals surface area contributed by atoms with Crippen molar-refractivity contribution < 1.29 is 5.11 Å². The van der Waals surface area contributed by atoms with E-state index in [1.807, 2.05) is 29.2 Å². The Morgan fingerprint density at radius 2 is 2.06 bits per heavy atom. The normalized spacial score (nSPS) is 12.4. The maximum Gasteiger partial charge on any atom is 0.0917 e. The topological polar surface area (TPSA) is 47.3 Å². The average molecular weight is 297 g/mol. The van der Waals surface area contributed by atoms with Crippen LogP contribution in [-0.4, -0.2) is 29.6 Å². The number of hydrogen-bond donors (Lipinski definition) is 1. The molecule has 0 saturated carbocycles. The second-order valence-corrected chi connectivity index (χ2v) is 4.88. The summed E-state index contributed by atoms with van der Waals surface area (Å²) in [5, 5.41) is 18.8. The molecule has 0 fully saturated rings. The van der Waals surface area contributed by atoms with Gasteiger partial charge in [-0.2, -0.15) is 5.26 Å². The Kier molecular flexibility index (Phi) is 6.20. The quantitative estimate of drug-likeness (QED) is 0.821. The van der Waals surface area contributed by atoms with Crippen LogP contribution in [0.4, 0.5) is 0 Å². The van der Waals surface area contributed by atoms with Crippen LogP contribution in [0.5, 0.6) is 0 Å². The molecule has 92 valence electrons. The van der Waals surface area contributed by atoms with Gasteiger partial charge in [0.25, 0.3) is 0 Å². The van der Waals surface area contributed by atoms with Gasteiger partial charge in [-0.15, -0.1) is 0 Å². The molecule has 0 saturated heterocycles. The zero-order valence-electron chi connectivity index (χ0n) is 9.93. The van der Waals surface area contributed by atoms with E-state index < -0.39 is 6.10 Å². The van der Waals surface area contributed by atoms with Crippen LogP contribution in [0, 0.1) is 11.3 Å². The van der Waals surface area contributed by atoms with Gasteiger partial charge in [-0.1, -0.05) is 35.0 Å². The zero-order chi connectivity index (χ0) is 12.7. The highest BCUT2D eigenvalue weighted by Crippen LogP contribution is 2.17. The summed E-state index contributed by atoms with van der Waals surface area (Å²) in [5.41, 5.74) is 0.882. The smallest absolute Gasteiger partial charge is 0.0917 e. The minimum atomic E-state index is -0.539. The minimum Gasteiger partial charge on any atom is -0.387 e. The van der Waals surface area contributed by atoms with Crippen molar-refractivity contribution >= 4 is 15.9 Å². The Balaban J connectivity index is 2.60. The average Bonchev–Trinajstić information content (AvgIpc) is 2.30. The molecule has 0 heterocycles. The summed E-state index contributed by atoms with van der Waals surface area (Å²) in [6.07, 6.45) is 0.442. The second kappa shape index (κ2) is 7.44. The summed E-state index contributed by atoms with van der Waals surface area (Å²) >= 11 is 3.36. The van der Waals surface area contributed by atoms with Gasteiger partial charge in [-0.05, 0) is 30.7 Å². The molecule has 0 amide bonds. The third-order valence-electron chi connectivity index (χ3n) is 2.52. The van der Waals surface area contributed by atoms with Crippen molar-refractivity contribution in [2.24, 2.45) is 0 Å². The molecule has 17 heavy (non-hydrogen) atoms. The number of aliphatic hydroxyl groups excluding tert-OH is 1. The standard InChI is InChI=1S/C13H17BrN2O/c1-2-8-16(9-7-15)10-13(17)11-3-5-12(14)6-4-11/h3-6,13,17H,2,8-10H2,1H3. The maximum absolute atomic E-state index is 10.1. The molecule has 3 nitrogen and oxygen atoms in total. The molecule has 0 aliphatic rings. The SMILES string of the molecule is CCCN(CC#N)CC(O)c1ccc(Br)cc1. The molecule has 1 unspecified atom stereocenters. The van der Waals surface area contributed by atoms with Gasteiger partial charge < -0.3 is 5.11 Å². The lowest BCUT2D eigenvalue weighted by Crippen LogP contribution is -2.29. The highest BCUT2D eigenvalue weighted by atomic mass is 79.9. The molecular formula is C13H17BrN2O. The number of benzene rings is 1. The van der Waals surface area contributed by atoms with Crippen molar-refractivity contribution in [3.8, 4) is 6.07 Å². The molecule has 0 aromatic heterocycles. The monoisotopic (exact) mass is 296 g/mol. The van der Waals surface area contributed by atoms with E-state index in [1.165, 1.54) is 0 Å². The van der Waals surface area contributed by atoms with Gasteiger partial charge >= 0.3 is 0 Å². The lowest BCUT2D eigenvalue weighted by atomic mass is 10.1. The number of nitriles is 1. The molecular weight excluding hydrogens is 280 g/mol. The Bertz CT molecular complexity index is 372. The summed E-state index contributed by atoms with van der Waals surface area (Å²) in [6, 6.07) is 9.73. The lowest BCUT2D eigenvalue weighted by molar-refractivity contribution is 0.120. The largest absolute Gasteiger partial charge is 0.387 e. The van der Waals surface area contributed by atoms with Gasteiger partial charge in [0.15, 0.2) is 0 Å². The van der Waals surface area contributed by atoms with Crippen LogP contribution >= 0.6 is 15.9 Å². The Labute approximate surface area is 111 Å². The third-order valence-corrected chi connectivity index (χ3v) is 3.05.